The zero-order chi connectivity index (χ0) is 22.2. The van der Waals surface area contributed by atoms with Crippen LogP contribution in [0.4, 0.5) is 4.39 Å². The van der Waals surface area contributed by atoms with Gasteiger partial charge in [-0.3, -0.25) is 4.79 Å². The van der Waals surface area contributed by atoms with Crippen LogP contribution in [0.3, 0.4) is 0 Å². The summed E-state index contributed by atoms with van der Waals surface area (Å²) in [6.07, 6.45) is 4.57. The number of benzene rings is 1. The Kier molecular flexibility index (Phi) is 5.63. The molecule has 170 valence electrons. The molecule has 0 radical (unpaired) electrons. The molecule has 0 N–H and O–H groups in total. The molecule has 1 amide bonds. The average Bonchev–Trinajstić information content (AvgIpc) is 3.56. The summed E-state index contributed by atoms with van der Waals surface area (Å²) in [5.74, 6) is -0.0301. The number of hydrogen-bond acceptors (Lipinski definition) is 5. The van der Waals surface area contributed by atoms with Crippen molar-refractivity contribution in [2.75, 3.05) is 39.8 Å². The van der Waals surface area contributed by atoms with Crippen molar-refractivity contribution in [2.24, 2.45) is 0 Å². The molecule has 1 aliphatic carbocycles. The highest BCUT2D eigenvalue weighted by Gasteiger charge is 2.56. The standard InChI is InChI=1S/C25H30FN3O3/c1-31-22-8-4-5-19(27-22)9-14-28-15-12-25(13-16-28)18-29(17-24(32-25)10-11-24)23(30)20-6-2-3-7-21(20)26/h2-8H,9-18H2,1H3. The largest absolute Gasteiger partial charge is 0.481 e. The highest BCUT2D eigenvalue weighted by Crippen LogP contribution is 2.49. The minimum atomic E-state index is -0.455. The van der Waals surface area contributed by atoms with Crippen LogP contribution in [-0.2, 0) is 11.2 Å². The summed E-state index contributed by atoms with van der Waals surface area (Å²) in [7, 11) is 1.63. The van der Waals surface area contributed by atoms with Crippen LogP contribution in [0.5, 0.6) is 5.88 Å². The quantitative estimate of drug-likeness (QED) is 0.716. The summed E-state index contributed by atoms with van der Waals surface area (Å²) in [5, 5.41) is 0. The number of carbonyl (C=O) groups excluding carboxylic acids is 1. The number of carbonyl (C=O) groups is 1. The molecule has 1 aromatic heterocycles. The predicted octanol–water partition coefficient (Wildman–Crippen LogP) is 3.31. The average molecular weight is 440 g/mol. The second-order valence-corrected chi connectivity index (χ2v) is 9.37. The maximum atomic E-state index is 14.3. The minimum absolute atomic E-state index is 0.156. The van der Waals surface area contributed by atoms with Crippen LogP contribution >= 0.6 is 0 Å². The highest BCUT2D eigenvalue weighted by molar-refractivity contribution is 5.94. The van der Waals surface area contributed by atoms with Crippen LogP contribution in [-0.4, -0.2) is 71.7 Å². The first-order valence-corrected chi connectivity index (χ1v) is 11.5. The summed E-state index contributed by atoms with van der Waals surface area (Å²) >= 11 is 0. The number of likely N-dealkylation sites (tertiary alicyclic amines) is 1. The van der Waals surface area contributed by atoms with Gasteiger partial charge in [-0.15, -0.1) is 0 Å². The van der Waals surface area contributed by atoms with E-state index < -0.39 is 5.82 Å². The Morgan fingerprint density at radius 3 is 2.47 bits per heavy atom. The van der Waals surface area contributed by atoms with Crippen molar-refractivity contribution >= 4 is 5.91 Å². The van der Waals surface area contributed by atoms with E-state index in [0.717, 1.165) is 57.4 Å². The topological polar surface area (TPSA) is 54.9 Å². The molecular formula is C25H30FN3O3. The van der Waals surface area contributed by atoms with E-state index in [1.807, 2.05) is 23.1 Å². The van der Waals surface area contributed by atoms with E-state index in [1.54, 1.807) is 25.3 Å². The molecule has 1 saturated carbocycles. The molecule has 2 saturated heterocycles. The summed E-state index contributed by atoms with van der Waals surface area (Å²) in [6.45, 7) is 3.86. The van der Waals surface area contributed by atoms with Crippen LogP contribution in [0.25, 0.3) is 0 Å². The molecular weight excluding hydrogens is 409 g/mol. The third kappa shape index (κ3) is 4.36. The first-order chi connectivity index (χ1) is 15.5. The van der Waals surface area contributed by atoms with Gasteiger partial charge in [0, 0.05) is 37.8 Å². The number of hydrogen-bond donors (Lipinski definition) is 0. The van der Waals surface area contributed by atoms with Crippen molar-refractivity contribution in [3.8, 4) is 5.88 Å². The van der Waals surface area contributed by atoms with Crippen LogP contribution < -0.4 is 4.74 Å². The smallest absolute Gasteiger partial charge is 0.257 e. The van der Waals surface area contributed by atoms with Gasteiger partial charge in [0.25, 0.3) is 5.91 Å². The number of pyridine rings is 1. The molecule has 3 fully saturated rings. The van der Waals surface area contributed by atoms with Crippen molar-refractivity contribution in [3.05, 3.63) is 59.5 Å². The first-order valence-electron chi connectivity index (χ1n) is 11.5. The van der Waals surface area contributed by atoms with Gasteiger partial charge in [-0.25, -0.2) is 9.37 Å². The summed E-state index contributed by atoms with van der Waals surface area (Å²) in [6, 6.07) is 12.1. The third-order valence-electron chi connectivity index (χ3n) is 7.03. The Morgan fingerprint density at radius 2 is 1.78 bits per heavy atom. The number of ether oxygens (including phenoxy) is 2. The van der Waals surface area contributed by atoms with Crippen LogP contribution in [0.2, 0.25) is 0 Å². The molecule has 1 aromatic carbocycles. The van der Waals surface area contributed by atoms with Crippen molar-refractivity contribution in [3.63, 3.8) is 0 Å². The zero-order valence-electron chi connectivity index (χ0n) is 18.6. The van der Waals surface area contributed by atoms with Gasteiger partial charge in [-0.2, -0.15) is 0 Å². The minimum Gasteiger partial charge on any atom is -0.481 e. The lowest BCUT2D eigenvalue weighted by atomic mass is 9.87. The molecule has 2 aromatic rings. The van der Waals surface area contributed by atoms with Gasteiger partial charge >= 0.3 is 0 Å². The third-order valence-corrected chi connectivity index (χ3v) is 7.03. The van der Waals surface area contributed by atoms with Gasteiger partial charge in [0.05, 0.1) is 37.0 Å². The normalized spacial score (nSPS) is 21.6. The molecule has 2 spiro atoms. The van der Waals surface area contributed by atoms with Crippen LogP contribution in [0.1, 0.15) is 41.7 Å². The lowest BCUT2D eigenvalue weighted by molar-refractivity contribution is -0.179. The van der Waals surface area contributed by atoms with Crippen molar-refractivity contribution in [1.29, 1.82) is 0 Å². The van der Waals surface area contributed by atoms with E-state index in [4.69, 9.17) is 9.47 Å². The molecule has 3 aliphatic rings. The molecule has 32 heavy (non-hydrogen) atoms. The second kappa shape index (κ2) is 8.45. The van der Waals surface area contributed by atoms with E-state index in [1.165, 1.54) is 6.07 Å². The first kappa shape index (κ1) is 21.3. The van der Waals surface area contributed by atoms with Gasteiger partial charge in [0.1, 0.15) is 5.82 Å². The number of morpholine rings is 1. The Morgan fingerprint density at radius 1 is 1.06 bits per heavy atom. The Bertz CT molecular complexity index is 986. The van der Waals surface area contributed by atoms with Gasteiger partial charge in [0.2, 0.25) is 5.88 Å². The molecule has 0 unspecified atom stereocenters. The molecule has 0 bridgehead atoms. The van der Waals surface area contributed by atoms with E-state index >= 15 is 0 Å². The van der Waals surface area contributed by atoms with Gasteiger partial charge in [-0.1, -0.05) is 18.2 Å². The van der Waals surface area contributed by atoms with Crippen LogP contribution in [0, 0.1) is 5.82 Å². The molecule has 0 atom stereocenters. The van der Waals surface area contributed by atoms with Crippen LogP contribution in [0.15, 0.2) is 42.5 Å². The van der Waals surface area contributed by atoms with Crippen molar-refractivity contribution in [1.82, 2.24) is 14.8 Å². The lowest BCUT2D eigenvalue weighted by Crippen LogP contribution is -2.61. The molecule has 3 heterocycles. The lowest BCUT2D eigenvalue weighted by Gasteiger charge is -2.50. The Labute approximate surface area is 188 Å². The number of nitrogens with zero attached hydrogens (tertiary/aromatic N) is 3. The Hall–Kier alpha value is -2.51. The van der Waals surface area contributed by atoms with Gasteiger partial charge in [0.15, 0.2) is 0 Å². The fraction of sp³-hybridized carbons (Fsp3) is 0.520. The van der Waals surface area contributed by atoms with Gasteiger partial charge < -0.3 is 19.3 Å². The molecule has 2 aliphatic heterocycles. The van der Waals surface area contributed by atoms with Crippen molar-refractivity contribution in [2.45, 2.75) is 43.3 Å². The van der Waals surface area contributed by atoms with Crippen molar-refractivity contribution < 1.29 is 18.7 Å². The fourth-order valence-electron chi connectivity index (χ4n) is 5.05. The number of aromatic nitrogens is 1. The Balaban J connectivity index is 1.22. The number of amides is 1. The highest BCUT2D eigenvalue weighted by atomic mass is 19.1. The van der Waals surface area contributed by atoms with E-state index in [-0.39, 0.29) is 22.7 Å². The summed E-state index contributed by atoms with van der Waals surface area (Å²) in [4.78, 5) is 21.9. The van der Waals surface area contributed by atoms with E-state index in [2.05, 4.69) is 9.88 Å². The van der Waals surface area contributed by atoms with Gasteiger partial charge in [-0.05, 0) is 43.9 Å². The SMILES string of the molecule is COc1cccc(CCN2CCC3(CC2)CN(C(=O)c2ccccc2F)CC2(CC2)O3)n1. The zero-order valence-corrected chi connectivity index (χ0v) is 18.6. The number of piperidine rings is 1. The monoisotopic (exact) mass is 439 g/mol. The molecule has 7 heteroatoms. The van der Waals surface area contributed by atoms with E-state index in [9.17, 15) is 9.18 Å². The predicted molar refractivity (Wildman–Crippen MR) is 118 cm³/mol. The summed E-state index contributed by atoms with van der Waals surface area (Å²) < 4.78 is 26.1. The maximum absolute atomic E-state index is 14.3. The van der Waals surface area contributed by atoms with E-state index in [0.29, 0.717) is 19.0 Å². The number of halogens is 1. The second-order valence-electron chi connectivity index (χ2n) is 9.37. The fourth-order valence-corrected chi connectivity index (χ4v) is 5.05. The molecule has 5 rings (SSSR count). The number of rotatable bonds is 5. The molecule has 6 nitrogen and oxygen atoms in total. The summed E-state index contributed by atoms with van der Waals surface area (Å²) in [5.41, 5.74) is 0.618. The number of methoxy groups -OCH3 is 1. The maximum Gasteiger partial charge on any atom is 0.257 e.